The molecule has 0 saturated carbocycles. The van der Waals surface area contributed by atoms with Crippen molar-refractivity contribution in [2.45, 2.75) is 32.8 Å². The summed E-state index contributed by atoms with van der Waals surface area (Å²) < 4.78 is 10.8. The topological polar surface area (TPSA) is 71.6 Å². The van der Waals surface area contributed by atoms with Crippen molar-refractivity contribution in [1.82, 2.24) is 9.88 Å². The number of hydrogen-bond acceptors (Lipinski definition) is 4. The van der Waals surface area contributed by atoms with Gasteiger partial charge in [-0.2, -0.15) is 0 Å². The van der Waals surface area contributed by atoms with Crippen LogP contribution in [0.2, 0.25) is 0 Å². The van der Waals surface area contributed by atoms with E-state index >= 15 is 0 Å². The first kappa shape index (κ1) is 16.5. The van der Waals surface area contributed by atoms with Crippen molar-refractivity contribution >= 4 is 11.9 Å². The summed E-state index contributed by atoms with van der Waals surface area (Å²) >= 11 is 0. The van der Waals surface area contributed by atoms with E-state index in [4.69, 9.17) is 9.47 Å². The molecule has 0 aromatic carbocycles. The highest BCUT2D eigenvalue weighted by Gasteiger charge is 2.29. The van der Waals surface area contributed by atoms with Crippen molar-refractivity contribution in [1.29, 1.82) is 0 Å². The van der Waals surface area contributed by atoms with Crippen LogP contribution in [0.5, 0.6) is 0 Å². The highest BCUT2D eigenvalue weighted by molar-refractivity contribution is 5.95. The fraction of sp³-hybridized carbons (Fsp3) is 0.625. The van der Waals surface area contributed by atoms with Crippen molar-refractivity contribution in [2.24, 2.45) is 5.92 Å². The lowest BCUT2D eigenvalue weighted by Crippen LogP contribution is -2.35. The fourth-order valence-electron chi connectivity index (χ4n) is 2.36. The van der Waals surface area contributed by atoms with Crippen LogP contribution in [0.15, 0.2) is 18.3 Å². The second-order valence-corrected chi connectivity index (χ2v) is 6.60. The first-order chi connectivity index (χ1) is 10.3. The normalized spacial score (nSPS) is 18.5. The lowest BCUT2D eigenvalue weighted by Gasteiger charge is -2.24. The number of carbonyl (C=O) groups is 2. The summed E-state index contributed by atoms with van der Waals surface area (Å²) in [5.41, 5.74) is 0.0792. The van der Waals surface area contributed by atoms with E-state index in [-0.39, 0.29) is 24.4 Å². The van der Waals surface area contributed by atoms with E-state index in [1.807, 2.05) is 20.8 Å². The Kier molecular flexibility index (Phi) is 5.24. The number of aromatic amines is 1. The predicted octanol–water partition coefficient (Wildman–Crippen LogP) is 2.47. The number of amides is 1. The van der Waals surface area contributed by atoms with Crippen LogP contribution in [-0.4, -0.2) is 53.7 Å². The van der Waals surface area contributed by atoms with E-state index in [2.05, 4.69) is 4.98 Å². The molecule has 0 bridgehead atoms. The van der Waals surface area contributed by atoms with Crippen LogP contribution in [0.25, 0.3) is 0 Å². The Bertz CT molecular complexity index is 505. The Hall–Kier alpha value is -1.82. The zero-order chi connectivity index (χ0) is 16.2. The molecule has 1 aromatic heterocycles. The van der Waals surface area contributed by atoms with E-state index in [0.29, 0.717) is 25.4 Å². The molecule has 1 N–H and O–H groups in total. The lowest BCUT2D eigenvalue weighted by molar-refractivity contribution is 0.0273. The molecule has 1 saturated heterocycles. The maximum Gasteiger partial charge on any atom is 0.410 e. The maximum atomic E-state index is 11.9. The molecule has 6 nitrogen and oxygen atoms in total. The molecule has 0 aliphatic carbocycles. The fourth-order valence-corrected chi connectivity index (χ4v) is 2.36. The van der Waals surface area contributed by atoms with Crippen LogP contribution in [0, 0.1) is 5.92 Å². The SMILES string of the molecule is CC(C)(C)OC(=O)N1CCC(COCC(=O)c2ccc[nH]2)C1. The second-order valence-electron chi connectivity index (χ2n) is 6.60. The van der Waals surface area contributed by atoms with Crippen LogP contribution in [-0.2, 0) is 9.47 Å². The van der Waals surface area contributed by atoms with Gasteiger partial charge in [-0.05, 0) is 39.3 Å². The standard InChI is InChI=1S/C16H24N2O4/c1-16(2,3)22-15(20)18-8-6-12(9-18)10-21-11-14(19)13-5-4-7-17-13/h4-5,7,12,17H,6,8-11H2,1-3H3. The first-order valence-corrected chi connectivity index (χ1v) is 7.57. The summed E-state index contributed by atoms with van der Waals surface area (Å²) in [6.45, 7) is 7.39. The molecule has 0 spiro atoms. The molecule has 0 radical (unpaired) electrons. The van der Waals surface area contributed by atoms with Crippen LogP contribution >= 0.6 is 0 Å². The molecule has 2 heterocycles. The highest BCUT2D eigenvalue weighted by atomic mass is 16.6. The molecule has 6 heteroatoms. The largest absolute Gasteiger partial charge is 0.444 e. The van der Waals surface area contributed by atoms with E-state index in [0.717, 1.165) is 6.42 Å². The third-order valence-corrected chi connectivity index (χ3v) is 3.42. The number of H-pyrrole nitrogens is 1. The predicted molar refractivity (Wildman–Crippen MR) is 81.9 cm³/mol. The Morgan fingerprint density at radius 1 is 1.41 bits per heavy atom. The smallest absolute Gasteiger partial charge is 0.410 e. The van der Waals surface area contributed by atoms with Crippen LogP contribution in [0.4, 0.5) is 4.79 Å². The molecule has 1 aliphatic rings. The molecule has 22 heavy (non-hydrogen) atoms. The van der Waals surface area contributed by atoms with Gasteiger partial charge < -0.3 is 19.4 Å². The second kappa shape index (κ2) is 6.96. The molecule has 1 atom stereocenters. The number of carbonyl (C=O) groups excluding carboxylic acids is 2. The van der Waals surface area contributed by atoms with Gasteiger partial charge in [0.1, 0.15) is 12.2 Å². The number of likely N-dealkylation sites (tertiary alicyclic amines) is 1. The molecular formula is C16H24N2O4. The molecule has 1 amide bonds. The minimum atomic E-state index is -0.478. The van der Waals surface area contributed by atoms with Crippen LogP contribution in [0.1, 0.15) is 37.7 Å². The Morgan fingerprint density at radius 2 is 2.18 bits per heavy atom. The Morgan fingerprint density at radius 3 is 2.82 bits per heavy atom. The number of rotatable bonds is 5. The molecule has 1 aromatic rings. The zero-order valence-corrected chi connectivity index (χ0v) is 13.4. The van der Waals surface area contributed by atoms with Gasteiger partial charge in [0.05, 0.1) is 12.3 Å². The van der Waals surface area contributed by atoms with E-state index in [1.165, 1.54) is 0 Å². The number of nitrogens with one attached hydrogen (secondary N) is 1. The van der Waals surface area contributed by atoms with Crippen LogP contribution in [0.3, 0.4) is 0 Å². The van der Waals surface area contributed by atoms with Crippen LogP contribution < -0.4 is 0 Å². The summed E-state index contributed by atoms with van der Waals surface area (Å²) in [5, 5.41) is 0. The van der Waals surface area contributed by atoms with Gasteiger partial charge in [0.15, 0.2) is 0 Å². The molecule has 122 valence electrons. The van der Waals surface area contributed by atoms with Crippen molar-refractivity contribution in [3.8, 4) is 0 Å². The summed E-state index contributed by atoms with van der Waals surface area (Å²) in [6, 6.07) is 3.51. The van der Waals surface area contributed by atoms with E-state index in [1.54, 1.807) is 23.2 Å². The van der Waals surface area contributed by atoms with Gasteiger partial charge in [-0.25, -0.2) is 4.79 Å². The number of nitrogens with zero attached hydrogens (tertiary/aromatic N) is 1. The zero-order valence-electron chi connectivity index (χ0n) is 13.4. The number of hydrogen-bond donors (Lipinski definition) is 1. The highest BCUT2D eigenvalue weighted by Crippen LogP contribution is 2.19. The third kappa shape index (κ3) is 4.87. The Balaban J connectivity index is 1.68. The monoisotopic (exact) mass is 308 g/mol. The van der Waals surface area contributed by atoms with Gasteiger partial charge in [-0.3, -0.25) is 4.79 Å². The summed E-state index contributed by atoms with van der Waals surface area (Å²) in [4.78, 5) is 28.3. The molecular weight excluding hydrogens is 284 g/mol. The Labute approximate surface area is 130 Å². The van der Waals surface area contributed by atoms with E-state index in [9.17, 15) is 9.59 Å². The van der Waals surface area contributed by atoms with Gasteiger partial charge in [0.25, 0.3) is 0 Å². The lowest BCUT2D eigenvalue weighted by atomic mass is 10.1. The molecule has 1 unspecified atom stereocenters. The minimum absolute atomic E-state index is 0.0590. The van der Waals surface area contributed by atoms with Gasteiger partial charge in [0, 0.05) is 25.2 Å². The summed E-state index contributed by atoms with van der Waals surface area (Å²) in [6.07, 6.45) is 2.30. The quantitative estimate of drug-likeness (QED) is 0.848. The minimum Gasteiger partial charge on any atom is -0.444 e. The average Bonchev–Trinajstić information content (AvgIpc) is 3.08. The molecule has 1 fully saturated rings. The van der Waals surface area contributed by atoms with Crippen molar-refractivity contribution in [3.05, 3.63) is 24.0 Å². The van der Waals surface area contributed by atoms with Gasteiger partial charge in [-0.15, -0.1) is 0 Å². The van der Waals surface area contributed by atoms with Gasteiger partial charge in [-0.1, -0.05) is 0 Å². The van der Waals surface area contributed by atoms with Gasteiger partial charge in [0.2, 0.25) is 5.78 Å². The summed E-state index contributed by atoms with van der Waals surface area (Å²) in [5.74, 6) is 0.191. The first-order valence-electron chi connectivity index (χ1n) is 7.57. The number of ether oxygens (including phenoxy) is 2. The summed E-state index contributed by atoms with van der Waals surface area (Å²) in [7, 11) is 0. The van der Waals surface area contributed by atoms with Crippen molar-refractivity contribution in [2.75, 3.05) is 26.3 Å². The number of aromatic nitrogens is 1. The van der Waals surface area contributed by atoms with E-state index < -0.39 is 5.60 Å². The van der Waals surface area contributed by atoms with Crippen molar-refractivity contribution in [3.63, 3.8) is 0 Å². The molecule has 2 rings (SSSR count). The van der Waals surface area contributed by atoms with Crippen molar-refractivity contribution < 1.29 is 19.1 Å². The third-order valence-electron chi connectivity index (χ3n) is 3.42. The average molecular weight is 308 g/mol. The van der Waals surface area contributed by atoms with Gasteiger partial charge >= 0.3 is 6.09 Å². The molecule has 1 aliphatic heterocycles. The number of ketones is 1. The number of Topliss-reactive ketones (excluding diaryl/α,β-unsaturated/α-hetero) is 1. The maximum absolute atomic E-state index is 11.9.